The van der Waals surface area contributed by atoms with Gasteiger partial charge in [0, 0.05) is 5.92 Å². The number of rotatable bonds is 0. The molecule has 0 saturated heterocycles. The molecule has 4 unspecified atom stereocenters. The van der Waals surface area contributed by atoms with Crippen molar-refractivity contribution in [3.63, 3.8) is 0 Å². The Morgan fingerprint density at radius 2 is 1.80 bits per heavy atom. The normalized spacial score (nSPS) is 35.6. The van der Waals surface area contributed by atoms with Crippen LogP contribution in [0.1, 0.15) is 65.7 Å². The van der Waals surface area contributed by atoms with Gasteiger partial charge < -0.3 is 0 Å². The fourth-order valence-corrected chi connectivity index (χ4v) is 5.08. The van der Waals surface area contributed by atoms with E-state index in [1.165, 1.54) is 31.2 Å². The van der Waals surface area contributed by atoms with E-state index in [9.17, 15) is 0 Å². The molecule has 5 rings (SSSR count). The standard InChI is InChI=1S/C20H20/c1-2-7-17-15(4-1)12-16-9-8-13-5-3-6-14-10-11-18(17)20(16)19(13)14/h1-4,6-7,10-11,13,15-17H,5,8-9,12H2. The summed E-state index contributed by atoms with van der Waals surface area (Å²) in [5.74, 6) is 3.01. The van der Waals surface area contributed by atoms with Crippen molar-refractivity contribution in [3.8, 4) is 0 Å². The van der Waals surface area contributed by atoms with Crippen molar-refractivity contribution >= 4 is 6.08 Å². The summed E-state index contributed by atoms with van der Waals surface area (Å²) in [5, 5.41) is 0. The van der Waals surface area contributed by atoms with E-state index in [1.54, 1.807) is 16.7 Å². The van der Waals surface area contributed by atoms with Crippen LogP contribution in [0.2, 0.25) is 0 Å². The summed E-state index contributed by atoms with van der Waals surface area (Å²) in [6.45, 7) is 0. The molecule has 0 spiro atoms. The molecule has 0 amide bonds. The number of hydrogen-bond acceptors (Lipinski definition) is 0. The number of fused-ring (bicyclic) bond motifs is 2. The average Bonchev–Trinajstić information content (AvgIpc) is 2.52. The predicted molar refractivity (Wildman–Crippen MR) is 83.9 cm³/mol. The second-order valence-corrected chi connectivity index (χ2v) is 6.88. The summed E-state index contributed by atoms with van der Waals surface area (Å²) >= 11 is 0. The molecule has 0 nitrogen and oxygen atoms in total. The molecule has 0 N–H and O–H groups in total. The van der Waals surface area contributed by atoms with Gasteiger partial charge in [0.15, 0.2) is 0 Å². The van der Waals surface area contributed by atoms with Gasteiger partial charge in [0.2, 0.25) is 0 Å². The molecule has 1 aromatic rings. The molecule has 4 atom stereocenters. The van der Waals surface area contributed by atoms with Crippen molar-refractivity contribution in [2.24, 2.45) is 5.92 Å². The van der Waals surface area contributed by atoms with Crippen LogP contribution in [-0.2, 0) is 0 Å². The fraction of sp³-hybridized carbons (Fsp3) is 0.400. The van der Waals surface area contributed by atoms with Crippen molar-refractivity contribution in [1.82, 2.24) is 0 Å². The summed E-state index contributed by atoms with van der Waals surface area (Å²) < 4.78 is 0. The third kappa shape index (κ3) is 1.37. The van der Waals surface area contributed by atoms with Gasteiger partial charge >= 0.3 is 0 Å². The monoisotopic (exact) mass is 260 g/mol. The minimum Gasteiger partial charge on any atom is -0.0833 e. The summed E-state index contributed by atoms with van der Waals surface area (Å²) in [6.07, 6.45) is 19.5. The molecule has 0 fully saturated rings. The fourth-order valence-electron chi connectivity index (χ4n) is 5.08. The molecule has 1 aromatic carbocycles. The Morgan fingerprint density at radius 1 is 0.900 bits per heavy atom. The third-order valence-corrected chi connectivity index (χ3v) is 5.92. The quantitative estimate of drug-likeness (QED) is 0.594. The molecule has 0 bridgehead atoms. The zero-order valence-electron chi connectivity index (χ0n) is 11.8. The van der Waals surface area contributed by atoms with E-state index < -0.39 is 0 Å². The molecular formula is C20H20. The first-order chi connectivity index (χ1) is 9.92. The van der Waals surface area contributed by atoms with Gasteiger partial charge in [0.25, 0.3) is 0 Å². The Morgan fingerprint density at radius 3 is 2.80 bits per heavy atom. The maximum atomic E-state index is 2.44. The highest BCUT2D eigenvalue weighted by molar-refractivity contribution is 5.64. The van der Waals surface area contributed by atoms with Gasteiger partial charge in [-0.3, -0.25) is 0 Å². The van der Waals surface area contributed by atoms with Crippen LogP contribution in [0.15, 0.2) is 42.5 Å². The number of hydrogen-bond donors (Lipinski definition) is 0. The smallest absolute Gasteiger partial charge is 0.00871 e. The van der Waals surface area contributed by atoms with Crippen molar-refractivity contribution in [1.29, 1.82) is 0 Å². The minimum absolute atomic E-state index is 0.640. The molecule has 0 aliphatic heterocycles. The lowest BCUT2D eigenvalue weighted by atomic mass is 9.61. The maximum Gasteiger partial charge on any atom is 0.00871 e. The molecule has 4 aliphatic rings. The van der Waals surface area contributed by atoms with Gasteiger partial charge in [-0.15, -0.1) is 0 Å². The van der Waals surface area contributed by atoms with Crippen molar-refractivity contribution in [2.45, 2.75) is 43.4 Å². The van der Waals surface area contributed by atoms with E-state index >= 15 is 0 Å². The highest BCUT2D eigenvalue weighted by Gasteiger charge is 2.39. The maximum absolute atomic E-state index is 2.44. The summed E-state index contributed by atoms with van der Waals surface area (Å²) in [4.78, 5) is 0. The predicted octanol–water partition coefficient (Wildman–Crippen LogP) is 5.29. The van der Waals surface area contributed by atoms with E-state index in [0.29, 0.717) is 5.92 Å². The van der Waals surface area contributed by atoms with Crippen LogP contribution in [0.3, 0.4) is 0 Å². The Balaban J connectivity index is 1.77. The third-order valence-electron chi connectivity index (χ3n) is 5.92. The largest absolute Gasteiger partial charge is 0.0833 e. The molecular weight excluding hydrogens is 240 g/mol. The van der Waals surface area contributed by atoms with Gasteiger partial charge in [-0.25, -0.2) is 0 Å². The van der Waals surface area contributed by atoms with Crippen LogP contribution >= 0.6 is 0 Å². The van der Waals surface area contributed by atoms with E-state index in [2.05, 4.69) is 48.6 Å². The highest BCUT2D eigenvalue weighted by atomic mass is 14.4. The Bertz CT molecular complexity index is 659. The Labute approximate surface area is 120 Å². The molecule has 100 valence electrons. The van der Waals surface area contributed by atoms with Crippen LogP contribution in [-0.4, -0.2) is 0 Å². The second-order valence-electron chi connectivity index (χ2n) is 6.88. The molecule has 4 aliphatic carbocycles. The van der Waals surface area contributed by atoms with E-state index in [0.717, 1.165) is 17.8 Å². The van der Waals surface area contributed by atoms with Crippen molar-refractivity contribution in [2.75, 3.05) is 0 Å². The Hall–Kier alpha value is -1.56. The van der Waals surface area contributed by atoms with E-state index in [4.69, 9.17) is 0 Å². The highest BCUT2D eigenvalue weighted by Crippen LogP contribution is 2.54. The summed E-state index contributed by atoms with van der Waals surface area (Å²) in [5.41, 5.74) is 6.64. The van der Waals surface area contributed by atoms with Crippen LogP contribution in [0.5, 0.6) is 0 Å². The molecule has 0 saturated carbocycles. The first-order valence-electron chi connectivity index (χ1n) is 8.10. The zero-order valence-corrected chi connectivity index (χ0v) is 11.8. The lowest BCUT2D eigenvalue weighted by Gasteiger charge is -2.43. The molecule has 0 radical (unpaired) electrons. The van der Waals surface area contributed by atoms with Gasteiger partial charge in [-0.2, -0.15) is 0 Å². The molecule has 0 aromatic heterocycles. The number of allylic oxidation sites excluding steroid dienone is 5. The van der Waals surface area contributed by atoms with Crippen molar-refractivity contribution < 1.29 is 0 Å². The van der Waals surface area contributed by atoms with Gasteiger partial charge in [-0.05, 0) is 65.7 Å². The zero-order chi connectivity index (χ0) is 13.1. The van der Waals surface area contributed by atoms with Crippen LogP contribution in [0.25, 0.3) is 6.08 Å². The SMILES string of the molecule is C1=CC2CC3CCC4CC=Cc5ccc(c3c54)C2C=C1. The van der Waals surface area contributed by atoms with E-state index in [-0.39, 0.29) is 0 Å². The summed E-state index contributed by atoms with van der Waals surface area (Å²) in [7, 11) is 0. The first-order valence-corrected chi connectivity index (χ1v) is 8.10. The lowest BCUT2D eigenvalue weighted by Crippen LogP contribution is -2.28. The lowest BCUT2D eigenvalue weighted by molar-refractivity contribution is 0.372. The average molecular weight is 260 g/mol. The molecule has 0 heterocycles. The topological polar surface area (TPSA) is 0 Å². The van der Waals surface area contributed by atoms with Gasteiger partial charge in [0.1, 0.15) is 0 Å². The van der Waals surface area contributed by atoms with Crippen LogP contribution in [0.4, 0.5) is 0 Å². The molecule has 20 heavy (non-hydrogen) atoms. The van der Waals surface area contributed by atoms with Gasteiger partial charge in [-0.1, -0.05) is 48.6 Å². The summed E-state index contributed by atoms with van der Waals surface area (Å²) in [6, 6.07) is 4.81. The second kappa shape index (κ2) is 3.97. The number of benzene rings is 1. The van der Waals surface area contributed by atoms with Crippen LogP contribution < -0.4 is 0 Å². The Kier molecular flexibility index (Phi) is 2.21. The van der Waals surface area contributed by atoms with Crippen LogP contribution in [0, 0.1) is 5.92 Å². The molecule has 0 heteroatoms. The first kappa shape index (κ1) is 11.1. The minimum atomic E-state index is 0.640. The van der Waals surface area contributed by atoms with Crippen molar-refractivity contribution in [3.05, 3.63) is 64.8 Å². The van der Waals surface area contributed by atoms with Gasteiger partial charge in [0.05, 0.1) is 0 Å². The van der Waals surface area contributed by atoms with E-state index in [1.807, 2.05) is 0 Å².